The molecule has 0 aliphatic carbocycles. The predicted molar refractivity (Wildman–Crippen MR) is 71.7 cm³/mol. The molecular weight excluding hydrogens is 274 g/mol. The number of rotatable bonds is 2. The molecule has 3 saturated heterocycles. The molecule has 114 valence electrons. The number of nitrogens with one attached hydrogen (secondary N) is 1. The minimum absolute atomic E-state index is 0.0589. The number of hydrogen-bond acceptors (Lipinski definition) is 5. The fourth-order valence-corrected chi connectivity index (χ4v) is 3.90. The topological polar surface area (TPSA) is 88.4 Å². The molecule has 4 heterocycles. The van der Waals surface area contributed by atoms with E-state index in [0.717, 1.165) is 32.1 Å². The number of hydrogen-bond donors (Lipinski definition) is 1. The van der Waals surface area contributed by atoms with E-state index in [0.29, 0.717) is 25.1 Å². The number of ether oxygens (including phenoxy) is 1. The number of aromatic amines is 1. The lowest BCUT2D eigenvalue weighted by Crippen LogP contribution is -2.43. The zero-order valence-corrected chi connectivity index (χ0v) is 11.8. The number of likely N-dealkylation sites (tertiary alicyclic amines) is 1. The van der Waals surface area contributed by atoms with E-state index in [2.05, 4.69) is 10.2 Å². The normalized spacial score (nSPS) is 32.8. The van der Waals surface area contributed by atoms with Crippen LogP contribution in [0.5, 0.6) is 0 Å². The molecule has 0 saturated carbocycles. The molecule has 0 aromatic carbocycles. The Bertz CT molecular complexity index is 587. The number of amides is 1. The van der Waals surface area contributed by atoms with Gasteiger partial charge >= 0.3 is 5.76 Å². The molecule has 7 heteroatoms. The van der Waals surface area contributed by atoms with E-state index >= 15 is 0 Å². The Morgan fingerprint density at radius 1 is 1.24 bits per heavy atom. The molecular formula is C14H19N3O4. The van der Waals surface area contributed by atoms with Crippen molar-refractivity contribution in [2.45, 2.75) is 50.2 Å². The molecule has 4 rings (SSSR count). The molecule has 3 aliphatic rings. The second kappa shape index (κ2) is 4.98. The molecule has 1 aromatic rings. The minimum Gasteiger partial charge on any atom is -0.392 e. The van der Waals surface area contributed by atoms with E-state index in [4.69, 9.17) is 9.15 Å². The van der Waals surface area contributed by atoms with Crippen molar-refractivity contribution in [1.82, 2.24) is 15.1 Å². The van der Waals surface area contributed by atoms with Gasteiger partial charge in [-0.1, -0.05) is 0 Å². The van der Waals surface area contributed by atoms with Crippen LogP contribution in [0.15, 0.2) is 9.21 Å². The van der Waals surface area contributed by atoms with Gasteiger partial charge in [-0.05, 0) is 32.1 Å². The summed E-state index contributed by atoms with van der Waals surface area (Å²) < 4.78 is 10.8. The molecule has 3 atom stereocenters. The van der Waals surface area contributed by atoms with Crippen LogP contribution in [0.2, 0.25) is 0 Å². The highest BCUT2D eigenvalue weighted by atomic mass is 16.5. The van der Waals surface area contributed by atoms with Crippen LogP contribution in [0.4, 0.5) is 0 Å². The Morgan fingerprint density at radius 2 is 2.05 bits per heavy atom. The van der Waals surface area contributed by atoms with E-state index < -0.39 is 5.76 Å². The first-order valence-electron chi connectivity index (χ1n) is 7.70. The smallest absolute Gasteiger partial charge is 0.392 e. The minimum atomic E-state index is -0.511. The van der Waals surface area contributed by atoms with E-state index in [1.165, 1.54) is 0 Å². The van der Waals surface area contributed by atoms with Crippen LogP contribution in [0.3, 0.4) is 0 Å². The molecule has 7 nitrogen and oxygen atoms in total. The summed E-state index contributed by atoms with van der Waals surface area (Å²) in [6, 6.07) is 0. The van der Waals surface area contributed by atoms with Crippen molar-refractivity contribution in [2.24, 2.45) is 5.92 Å². The number of carbonyl (C=O) groups is 1. The third-order valence-corrected chi connectivity index (χ3v) is 5.03. The second-order valence-electron chi connectivity index (χ2n) is 6.27. The summed E-state index contributed by atoms with van der Waals surface area (Å²) in [5.41, 5.74) is 0. The van der Waals surface area contributed by atoms with Crippen molar-refractivity contribution in [3.05, 3.63) is 16.4 Å². The predicted octanol–water partition coefficient (Wildman–Crippen LogP) is 0.636. The zero-order valence-electron chi connectivity index (χ0n) is 11.8. The van der Waals surface area contributed by atoms with Crippen LogP contribution >= 0.6 is 0 Å². The van der Waals surface area contributed by atoms with Crippen molar-refractivity contribution in [3.8, 4) is 0 Å². The van der Waals surface area contributed by atoms with E-state index in [-0.39, 0.29) is 23.8 Å². The monoisotopic (exact) mass is 293 g/mol. The molecule has 1 N–H and O–H groups in total. The van der Waals surface area contributed by atoms with Gasteiger partial charge in [-0.15, -0.1) is 5.10 Å². The Morgan fingerprint density at radius 3 is 2.62 bits per heavy atom. The lowest BCUT2D eigenvalue weighted by Gasteiger charge is -2.33. The number of carbonyl (C=O) groups excluding carboxylic acids is 1. The third-order valence-electron chi connectivity index (χ3n) is 5.03. The van der Waals surface area contributed by atoms with Gasteiger partial charge in [0.1, 0.15) is 0 Å². The maximum absolute atomic E-state index is 12.6. The molecule has 3 aliphatic heterocycles. The second-order valence-corrected chi connectivity index (χ2v) is 6.27. The molecule has 0 spiro atoms. The van der Waals surface area contributed by atoms with Crippen molar-refractivity contribution < 1.29 is 13.9 Å². The quantitative estimate of drug-likeness (QED) is 0.864. The molecule has 0 radical (unpaired) electrons. The first-order valence-corrected chi connectivity index (χ1v) is 7.70. The summed E-state index contributed by atoms with van der Waals surface area (Å²) in [6.07, 6.45) is 5.05. The summed E-state index contributed by atoms with van der Waals surface area (Å²) >= 11 is 0. The van der Waals surface area contributed by atoms with Crippen molar-refractivity contribution >= 4 is 5.91 Å². The van der Waals surface area contributed by atoms with Crippen LogP contribution in [0, 0.1) is 5.92 Å². The van der Waals surface area contributed by atoms with Gasteiger partial charge in [0, 0.05) is 19.0 Å². The van der Waals surface area contributed by atoms with Crippen molar-refractivity contribution in [2.75, 3.05) is 13.1 Å². The Kier molecular flexibility index (Phi) is 3.10. The van der Waals surface area contributed by atoms with E-state index in [1.54, 1.807) is 0 Å². The van der Waals surface area contributed by atoms with E-state index in [9.17, 15) is 9.59 Å². The number of piperidine rings is 1. The van der Waals surface area contributed by atoms with Gasteiger partial charge in [0.15, 0.2) is 0 Å². The summed E-state index contributed by atoms with van der Waals surface area (Å²) in [5.74, 6) is 0.384. The van der Waals surface area contributed by atoms with Crippen LogP contribution in [0.1, 0.15) is 43.9 Å². The lowest BCUT2D eigenvalue weighted by molar-refractivity contribution is -0.138. The van der Waals surface area contributed by atoms with Gasteiger partial charge in [-0.3, -0.25) is 4.79 Å². The van der Waals surface area contributed by atoms with Crippen LogP contribution < -0.4 is 5.76 Å². The average molecular weight is 293 g/mol. The Labute approximate surface area is 121 Å². The average Bonchev–Trinajstić information content (AvgIpc) is 3.23. The Balaban J connectivity index is 1.37. The highest BCUT2D eigenvalue weighted by Crippen LogP contribution is 2.40. The van der Waals surface area contributed by atoms with Crippen LogP contribution in [-0.4, -0.2) is 46.3 Å². The largest absolute Gasteiger partial charge is 0.434 e. The molecule has 0 unspecified atom stereocenters. The first-order chi connectivity index (χ1) is 10.2. The number of aromatic nitrogens is 2. The molecule has 1 aromatic heterocycles. The van der Waals surface area contributed by atoms with Crippen LogP contribution in [0.25, 0.3) is 0 Å². The first kappa shape index (κ1) is 13.1. The fraction of sp³-hybridized carbons (Fsp3) is 0.786. The summed E-state index contributed by atoms with van der Waals surface area (Å²) in [5, 5.41) is 6.18. The van der Waals surface area contributed by atoms with Crippen molar-refractivity contribution in [1.29, 1.82) is 0 Å². The molecule has 21 heavy (non-hydrogen) atoms. The molecule has 1 amide bonds. The molecule has 2 bridgehead atoms. The van der Waals surface area contributed by atoms with Gasteiger partial charge in [-0.2, -0.15) is 0 Å². The summed E-state index contributed by atoms with van der Waals surface area (Å²) in [4.78, 5) is 25.5. The molecule has 3 fully saturated rings. The van der Waals surface area contributed by atoms with Gasteiger partial charge in [-0.25, -0.2) is 9.89 Å². The third kappa shape index (κ3) is 2.29. The standard InChI is InChI=1S/C14H19N3O4/c18-13(10-7-9-1-2-11(10)20-9)17-5-3-8(4-6-17)12-15-16-14(19)21-12/h8-11H,1-7H2,(H,16,19)/t9-,10+,11+/m0/s1. The highest BCUT2D eigenvalue weighted by Gasteiger charge is 2.46. The van der Waals surface area contributed by atoms with Gasteiger partial charge in [0.2, 0.25) is 11.8 Å². The highest BCUT2D eigenvalue weighted by molar-refractivity contribution is 5.80. The van der Waals surface area contributed by atoms with Gasteiger partial charge < -0.3 is 14.1 Å². The van der Waals surface area contributed by atoms with E-state index in [1.807, 2.05) is 4.90 Å². The SMILES string of the molecule is O=C([C@@H]1C[C@@H]2CC[C@H]1O2)N1CCC(c2n[nH]c(=O)o2)CC1. The van der Waals surface area contributed by atoms with Gasteiger partial charge in [0.05, 0.1) is 18.1 Å². The number of H-pyrrole nitrogens is 1. The number of nitrogens with zero attached hydrogens (tertiary/aromatic N) is 2. The number of fused-ring (bicyclic) bond motifs is 2. The van der Waals surface area contributed by atoms with Gasteiger partial charge in [0.25, 0.3) is 0 Å². The lowest BCUT2D eigenvalue weighted by atomic mass is 9.87. The zero-order chi connectivity index (χ0) is 14.4. The maximum atomic E-state index is 12.6. The maximum Gasteiger partial charge on any atom is 0.434 e. The van der Waals surface area contributed by atoms with Crippen molar-refractivity contribution in [3.63, 3.8) is 0 Å². The summed E-state index contributed by atoms with van der Waals surface area (Å²) in [7, 11) is 0. The van der Waals surface area contributed by atoms with Crippen LogP contribution in [-0.2, 0) is 9.53 Å². The fourth-order valence-electron chi connectivity index (χ4n) is 3.90. The summed E-state index contributed by atoms with van der Waals surface area (Å²) in [6.45, 7) is 1.40. The Hall–Kier alpha value is -1.63.